The molecule has 2 rings (SSSR count). The molecular weight excluding hydrogens is 312 g/mol. The van der Waals surface area contributed by atoms with Gasteiger partial charge in [0.1, 0.15) is 0 Å². The van der Waals surface area contributed by atoms with Crippen LogP contribution in [0, 0.1) is 6.92 Å². The number of rotatable bonds is 4. The molecule has 1 aromatic heterocycles. The number of aromatic nitrogens is 2. The van der Waals surface area contributed by atoms with Gasteiger partial charge in [-0.2, -0.15) is 4.98 Å². The number of halogens is 1. The maximum Gasteiger partial charge on any atom is 0.253 e. The van der Waals surface area contributed by atoms with Gasteiger partial charge in [0.05, 0.1) is 5.56 Å². The van der Waals surface area contributed by atoms with E-state index in [-0.39, 0.29) is 5.91 Å². The minimum Gasteiger partial charge on any atom is -0.398 e. The molecule has 1 aromatic carbocycles. The summed E-state index contributed by atoms with van der Waals surface area (Å²) in [6.45, 7) is 2.16. The smallest absolute Gasteiger partial charge is 0.253 e. The first-order valence-corrected chi connectivity index (χ1v) is 6.48. The number of hydrogen-bond acceptors (Lipinski definition) is 5. The molecule has 0 aliphatic rings. The molecule has 7 heteroatoms. The molecule has 0 radical (unpaired) electrons. The second-order valence-corrected chi connectivity index (χ2v) is 4.89. The minimum atomic E-state index is -0.221. The molecular formula is C12H13BrN4O2. The van der Waals surface area contributed by atoms with Crippen LogP contribution >= 0.6 is 15.9 Å². The van der Waals surface area contributed by atoms with Crippen molar-refractivity contribution >= 4 is 27.5 Å². The summed E-state index contributed by atoms with van der Waals surface area (Å²) >= 11 is 3.29. The summed E-state index contributed by atoms with van der Waals surface area (Å²) < 4.78 is 5.78. The van der Waals surface area contributed by atoms with Crippen LogP contribution in [0.25, 0.3) is 0 Å². The topological polar surface area (TPSA) is 94.0 Å². The summed E-state index contributed by atoms with van der Waals surface area (Å²) in [5.41, 5.74) is 6.66. The Balaban J connectivity index is 1.90. The molecule has 100 valence electrons. The fraction of sp³-hybridized carbons (Fsp3) is 0.250. The van der Waals surface area contributed by atoms with Crippen molar-refractivity contribution in [2.75, 3.05) is 12.3 Å². The van der Waals surface area contributed by atoms with Gasteiger partial charge in [0.2, 0.25) is 5.89 Å². The van der Waals surface area contributed by atoms with E-state index in [4.69, 9.17) is 10.3 Å². The van der Waals surface area contributed by atoms with Gasteiger partial charge in [-0.1, -0.05) is 21.1 Å². The Labute approximate surface area is 118 Å². The number of anilines is 1. The van der Waals surface area contributed by atoms with Gasteiger partial charge in [0.25, 0.3) is 5.91 Å². The van der Waals surface area contributed by atoms with Crippen LogP contribution in [0.2, 0.25) is 0 Å². The first-order valence-electron chi connectivity index (χ1n) is 5.68. The van der Waals surface area contributed by atoms with E-state index in [0.29, 0.717) is 35.9 Å². The predicted octanol–water partition coefficient (Wildman–Crippen LogP) is 1.70. The molecule has 2 aromatic rings. The minimum absolute atomic E-state index is 0.221. The maximum atomic E-state index is 11.9. The van der Waals surface area contributed by atoms with Gasteiger partial charge >= 0.3 is 0 Å². The van der Waals surface area contributed by atoms with E-state index in [2.05, 4.69) is 31.4 Å². The highest BCUT2D eigenvalue weighted by molar-refractivity contribution is 9.10. The van der Waals surface area contributed by atoms with E-state index in [1.807, 2.05) is 0 Å². The Hall–Kier alpha value is -1.89. The lowest BCUT2D eigenvalue weighted by Gasteiger charge is -2.06. The molecule has 0 bridgehead atoms. The number of nitrogens with zero attached hydrogens (tertiary/aromatic N) is 2. The third kappa shape index (κ3) is 3.54. The summed E-state index contributed by atoms with van der Waals surface area (Å²) in [7, 11) is 0. The number of carbonyl (C=O) groups is 1. The SMILES string of the molecule is Cc1noc(CCNC(=O)c2ccc(Br)cc2N)n1. The standard InChI is InChI=1S/C12H13BrN4O2/c1-7-16-11(19-17-7)4-5-15-12(18)9-3-2-8(13)6-10(9)14/h2-3,6H,4-5,14H2,1H3,(H,15,18). The van der Waals surface area contributed by atoms with Crippen LogP contribution in [-0.2, 0) is 6.42 Å². The second-order valence-electron chi connectivity index (χ2n) is 3.97. The number of hydrogen-bond donors (Lipinski definition) is 2. The van der Waals surface area contributed by atoms with Crippen molar-refractivity contribution in [3.8, 4) is 0 Å². The Morgan fingerprint density at radius 1 is 1.53 bits per heavy atom. The third-order valence-electron chi connectivity index (χ3n) is 2.45. The van der Waals surface area contributed by atoms with E-state index in [0.717, 1.165) is 4.47 Å². The zero-order chi connectivity index (χ0) is 13.8. The molecule has 0 aliphatic heterocycles. The first-order chi connectivity index (χ1) is 9.06. The Kier molecular flexibility index (Phi) is 4.16. The number of nitrogens with two attached hydrogens (primary N) is 1. The number of nitrogen functional groups attached to an aromatic ring is 1. The zero-order valence-electron chi connectivity index (χ0n) is 10.3. The zero-order valence-corrected chi connectivity index (χ0v) is 11.9. The van der Waals surface area contributed by atoms with Gasteiger partial charge in [-0.05, 0) is 25.1 Å². The molecule has 19 heavy (non-hydrogen) atoms. The van der Waals surface area contributed by atoms with Gasteiger partial charge in [-0.3, -0.25) is 4.79 Å². The highest BCUT2D eigenvalue weighted by Gasteiger charge is 2.10. The average molecular weight is 325 g/mol. The van der Waals surface area contributed by atoms with E-state index >= 15 is 0 Å². The molecule has 0 spiro atoms. The Bertz CT molecular complexity index is 597. The second kappa shape index (κ2) is 5.83. The molecule has 1 amide bonds. The van der Waals surface area contributed by atoms with E-state index in [1.54, 1.807) is 25.1 Å². The molecule has 0 unspecified atom stereocenters. The van der Waals surface area contributed by atoms with Gasteiger partial charge < -0.3 is 15.6 Å². The van der Waals surface area contributed by atoms with Crippen LogP contribution in [0.4, 0.5) is 5.69 Å². The van der Waals surface area contributed by atoms with Crippen molar-refractivity contribution in [2.24, 2.45) is 0 Å². The fourth-order valence-electron chi connectivity index (χ4n) is 1.56. The molecule has 0 aliphatic carbocycles. The molecule has 3 N–H and O–H groups in total. The number of aryl methyl sites for hydroxylation is 1. The van der Waals surface area contributed by atoms with Crippen LogP contribution in [0.3, 0.4) is 0 Å². The van der Waals surface area contributed by atoms with Gasteiger partial charge in [0.15, 0.2) is 5.82 Å². The van der Waals surface area contributed by atoms with Gasteiger partial charge in [0, 0.05) is 23.1 Å². The highest BCUT2D eigenvalue weighted by Crippen LogP contribution is 2.18. The van der Waals surface area contributed by atoms with E-state index in [1.165, 1.54) is 0 Å². The molecule has 0 saturated heterocycles. The van der Waals surface area contributed by atoms with Crippen LogP contribution in [0.1, 0.15) is 22.1 Å². The largest absolute Gasteiger partial charge is 0.398 e. The number of amides is 1. The fourth-order valence-corrected chi connectivity index (χ4v) is 1.94. The first kappa shape index (κ1) is 13.5. The number of benzene rings is 1. The van der Waals surface area contributed by atoms with Crippen LogP contribution in [0.5, 0.6) is 0 Å². The number of nitrogens with one attached hydrogen (secondary N) is 1. The van der Waals surface area contributed by atoms with Crippen molar-refractivity contribution in [1.29, 1.82) is 0 Å². The normalized spacial score (nSPS) is 10.4. The van der Waals surface area contributed by atoms with Crippen molar-refractivity contribution in [2.45, 2.75) is 13.3 Å². The van der Waals surface area contributed by atoms with E-state index < -0.39 is 0 Å². The van der Waals surface area contributed by atoms with Crippen molar-refractivity contribution in [3.05, 3.63) is 40.0 Å². The predicted molar refractivity (Wildman–Crippen MR) is 73.6 cm³/mol. The van der Waals surface area contributed by atoms with Gasteiger partial charge in [-0.25, -0.2) is 0 Å². The summed E-state index contributed by atoms with van der Waals surface area (Å²) in [5.74, 6) is 0.862. The summed E-state index contributed by atoms with van der Waals surface area (Å²) in [4.78, 5) is 15.9. The maximum absolute atomic E-state index is 11.9. The molecule has 6 nitrogen and oxygen atoms in total. The van der Waals surface area contributed by atoms with Crippen molar-refractivity contribution < 1.29 is 9.32 Å². The summed E-state index contributed by atoms with van der Waals surface area (Å²) in [6.07, 6.45) is 0.489. The monoisotopic (exact) mass is 324 g/mol. The van der Waals surface area contributed by atoms with Crippen LogP contribution in [0.15, 0.2) is 27.2 Å². The van der Waals surface area contributed by atoms with Crippen LogP contribution < -0.4 is 11.1 Å². The molecule has 0 saturated carbocycles. The van der Waals surface area contributed by atoms with Crippen molar-refractivity contribution in [1.82, 2.24) is 15.5 Å². The quantitative estimate of drug-likeness (QED) is 0.835. The lowest BCUT2D eigenvalue weighted by atomic mass is 10.1. The lowest BCUT2D eigenvalue weighted by molar-refractivity contribution is 0.0954. The lowest BCUT2D eigenvalue weighted by Crippen LogP contribution is -2.26. The molecule has 0 fully saturated rings. The third-order valence-corrected chi connectivity index (χ3v) is 2.95. The highest BCUT2D eigenvalue weighted by atomic mass is 79.9. The van der Waals surface area contributed by atoms with Crippen LogP contribution in [-0.4, -0.2) is 22.6 Å². The Morgan fingerprint density at radius 3 is 2.95 bits per heavy atom. The van der Waals surface area contributed by atoms with Gasteiger partial charge in [-0.15, -0.1) is 0 Å². The molecule has 0 atom stereocenters. The van der Waals surface area contributed by atoms with E-state index in [9.17, 15) is 4.79 Å². The van der Waals surface area contributed by atoms with Crippen molar-refractivity contribution in [3.63, 3.8) is 0 Å². The summed E-state index contributed by atoms with van der Waals surface area (Å²) in [5, 5.41) is 6.43. The number of carbonyl (C=O) groups excluding carboxylic acids is 1. The average Bonchev–Trinajstić information content (AvgIpc) is 2.75. The molecule has 1 heterocycles. The summed E-state index contributed by atoms with van der Waals surface area (Å²) in [6, 6.07) is 5.13. The Morgan fingerprint density at radius 2 is 2.32 bits per heavy atom.